The predicted molar refractivity (Wildman–Crippen MR) is 81.7 cm³/mol. The Kier molecular flexibility index (Phi) is 5.06. The smallest absolute Gasteiger partial charge is 0.0548 e. The summed E-state index contributed by atoms with van der Waals surface area (Å²) in [5.41, 5.74) is 1.22. The molecule has 1 aromatic carbocycles. The molecule has 5 heteroatoms. The van der Waals surface area contributed by atoms with Gasteiger partial charge < -0.3 is 5.32 Å². The van der Waals surface area contributed by atoms with Crippen LogP contribution in [0.2, 0.25) is 5.02 Å². The van der Waals surface area contributed by atoms with E-state index in [1.807, 2.05) is 18.2 Å². The van der Waals surface area contributed by atoms with Gasteiger partial charge in [0.2, 0.25) is 0 Å². The summed E-state index contributed by atoms with van der Waals surface area (Å²) < 4.78 is 2.09. The second-order valence-electron chi connectivity index (χ2n) is 3.58. The Balaban J connectivity index is 1.87. The molecular weight excluding hydrogens is 385 g/mol. The first kappa shape index (κ1) is 13.6. The molecule has 0 unspecified atom stereocenters. The molecule has 0 spiro atoms. The zero-order chi connectivity index (χ0) is 12.3. The van der Waals surface area contributed by atoms with Crippen molar-refractivity contribution in [3.8, 4) is 0 Å². The highest BCUT2D eigenvalue weighted by Crippen LogP contribution is 2.23. The summed E-state index contributed by atoms with van der Waals surface area (Å²) in [6.45, 7) is 1.72. The number of hydrogen-bond donors (Lipinski definition) is 1. The minimum Gasteiger partial charge on any atom is -0.308 e. The molecule has 0 aliphatic rings. The summed E-state index contributed by atoms with van der Waals surface area (Å²) in [7, 11) is 0. The van der Waals surface area contributed by atoms with Gasteiger partial charge in [0.05, 0.1) is 5.02 Å². The minimum atomic E-state index is 0.746. The minimum absolute atomic E-state index is 0.746. The highest BCUT2D eigenvalue weighted by molar-refractivity contribution is 9.10. The second kappa shape index (κ2) is 6.34. The molecule has 1 heterocycles. The highest BCUT2D eigenvalue weighted by Gasteiger charge is 2.00. The molecular formula is C12H10Br2ClNS. The van der Waals surface area contributed by atoms with Crippen LogP contribution in [0.5, 0.6) is 0 Å². The van der Waals surface area contributed by atoms with E-state index < -0.39 is 0 Å². The van der Waals surface area contributed by atoms with Crippen molar-refractivity contribution in [3.63, 3.8) is 0 Å². The molecule has 2 rings (SSSR count). The van der Waals surface area contributed by atoms with Crippen LogP contribution in [0.15, 0.2) is 38.6 Å². The van der Waals surface area contributed by atoms with E-state index in [1.165, 1.54) is 10.4 Å². The lowest BCUT2D eigenvalue weighted by Crippen LogP contribution is -2.11. The number of benzene rings is 1. The van der Waals surface area contributed by atoms with Gasteiger partial charge in [-0.15, -0.1) is 11.3 Å². The van der Waals surface area contributed by atoms with Crippen molar-refractivity contribution in [1.29, 1.82) is 0 Å². The van der Waals surface area contributed by atoms with E-state index in [2.05, 4.69) is 48.6 Å². The Labute approximate surface area is 126 Å². The number of halogens is 3. The first-order valence-corrected chi connectivity index (χ1v) is 7.87. The summed E-state index contributed by atoms with van der Waals surface area (Å²) in [6.07, 6.45) is 0. The quantitative estimate of drug-likeness (QED) is 0.749. The molecule has 0 bridgehead atoms. The lowest BCUT2D eigenvalue weighted by molar-refractivity contribution is 0.700. The van der Waals surface area contributed by atoms with Gasteiger partial charge in [-0.2, -0.15) is 0 Å². The van der Waals surface area contributed by atoms with Crippen LogP contribution in [-0.4, -0.2) is 0 Å². The van der Waals surface area contributed by atoms with E-state index >= 15 is 0 Å². The van der Waals surface area contributed by atoms with Crippen LogP contribution in [0.4, 0.5) is 0 Å². The van der Waals surface area contributed by atoms with E-state index in [1.54, 1.807) is 11.3 Å². The van der Waals surface area contributed by atoms with Gasteiger partial charge in [0, 0.05) is 32.3 Å². The van der Waals surface area contributed by atoms with Crippen LogP contribution in [0.1, 0.15) is 10.4 Å². The largest absolute Gasteiger partial charge is 0.308 e. The van der Waals surface area contributed by atoms with E-state index in [-0.39, 0.29) is 0 Å². The first-order chi connectivity index (χ1) is 8.15. The predicted octanol–water partition coefficient (Wildman–Crippen LogP) is 5.22. The maximum Gasteiger partial charge on any atom is 0.0548 e. The summed E-state index contributed by atoms with van der Waals surface area (Å²) in [4.78, 5) is 1.32. The second-order valence-corrected chi connectivity index (χ2v) is 6.76. The Morgan fingerprint density at radius 2 is 2.00 bits per heavy atom. The van der Waals surface area contributed by atoms with E-state index in [0.717, 1.165) is 27.1 Å². The lowest BCUT2D eigenvalue weighted by Gasteiger charge is -2.04. The molecule has 0 saturated carbocycles. The molecule has 0 aliphatic heterocycles. The molecule has 0 atom stereocenters. The van der Waals surface area contributed by atoms with Crippen molar-refractivity contribution in [1.82, 2.24) is 5.32 Å². The van der Waals surface area contributed by atoms with Crippen molar-refractivity contribution in [2.75, 3.05) is 0 Å². The van der Waals surface area contributed by atoms with E-state index in [0.29, 0.717) is 0 Å². The molecule has 1 N–H and O–H groups in total. The fraction of sp³-hybridized carbons (Fsp3) is 0.167. The number of nitrogens with one attached hydrogen (secondary N) is 1. The summed E-state index contributed by atoms with van der Waals surface area (Å²) in [5.74, 6) is 0. The van der Waals surface area contributed by atoms with Gasteiger partial charge in [-0.1, -0.05) is 17.7 Å². The van der Waals surface area contributed by atoms with Crippen LogP contribution in [0.3, 0.4) is 0 Å². The fourth-order valence-electron chi connectivity index (χ4n) is 1.43. The first-order valence-electron chi connectivity index (χ1n) is 5.03. The average Bonchev–Trinajstić information content (AvgIpc) is 2.70. The van der Waals surface area contributed by atoms with Gasteiger partial charge in [0.1, 0.15) is 0 Å². The number of hydrogen-bond acceptors (Lipinski definition) is 2. The van der Waals surface area contributed by atoms with Crippen LogP contribution in [0, 0.1) is 0 Å². The number of rotatable bonds is 4. The molecule has 1 nitrogen and oxygen atoms in total. The molecule has 90 valence electrons. The van der Waals surface area contributed by atoms with Crippen molar-refractivity contribution < 1.29 is 0 Å². The third kappa shape index (κ3) is 4.07. The Hall–Kier alpha value is 0.130. The topological polar surface area (TPSA) is 12.0 Å². The monoisotopic (exact) mass is 393 g/mol. The SMILES string of the molecule is Clc1ccc(CNCc2cc(Br)cs2)cc1Br. The maximum atomic E-state index is 5.94. The molecule has 1 aromatic heterocycles. The van der Waals surface area contributed by atoms with Gasteiger partial charge in [-0.3, -0.25) is 0 Å². The van der Waals surface area contributed by atoms with Crippen molar-refractivity contribution in [2.45, 2.75) is 13.1 Å². The van der Waals surface area contributed by atoms with Crippen molar-refractivity contribution in [2.24, 2.45) is 0 Å². The van der Waals surface area contributed by atoms with Crippen LogP contribution < -0.4 is 5.32 Å². The van der Waals surface area contributed by atoms with Gasteiger partial charge >= 0.3 is 0 Å². The normalized spacial score (nSPS) is 10.8. The molecule has 0 aliphatic carbocycles. The van der Waals surface area contributed by atoms with Gasteiger partial charge in [0.25, 0.3) is 0 Å². The van der Waals surface area contributed by atoms with Crippen molar-refractivity contribution in [3.05, 3.63) is 54.1 Å². The zero-order valence-electron chi connectivity index (χ0n) is 8.84. The third-order valence-electron chi connectivity index (χ3n) is 2.23. The zero-order valence-corrected chi connectivity index (χ0v) is 13.6. The molecule has 0 fully saturated rings. The fourth-order valence-corrected chi connectivity index (χ4v) is 3.39. The Morgan fingerprint density at radius 1 is 1.18 bits per heavy atom. The van der Waals surface area contributed by atoms with Crippen LogP contribution >= 0.6 is 54.8 Å². The molecule has 0 amide bonds. The highest BCUT2D eigenvalue weighted by atomic mass is 79.9. The standard InChI is InChI=1S/C12H10Br2ClNS/c13-9-4-10(17-7-9)6-16-5-8-1-2-12(15)11(14)3-8/h1-4,7,16H,5-6H2. The molecule has 0 saturated heterocycles. The average molecular weight is 396 g/mol. The molecule has 2 aromatic rings. The summed E-state index contributed by atoms with van der Waals surface area (Å²) in [5, 5.41) is 6.24. The Morgan fingerprint density at radius 3 is 2.65 bits per heavy atom. The molecule has 17 heavy (non-hydrogen) atoms. The van der Waals surface area contributed by atoms with Crippen LogP contribution in [0.25, 0.3) is 0 Å². The van der Waals surface area contributed by atoms with E-state index in [9.17, 15) is 0 Å². The van der Waals surface area contributed by atoms with Gasteiger partial charge in [-0.05, 0) is 55.6 Å². The maximum absolute atomic E-state index is 5.94. The number of thiophene rings is 1. The summed E-state index contributed by atoms with van der Waals surface area (Å²) in [6, 6.07) is 8.12. The summed E-state index contributed by atoms with van der Waals surface area (Å²) >= 11 is 14.6. The third-order valence-corrected chi connectivity index (χ3v) is 5.15. The lowest BCUT2D eigenvalue weighted by atomic mass is 10.2. The van der Waals surface area contributed by atoms with Crippen LogP contribution in [-0.2, 0) is 13.1 Å². The van der Waals surface area contributed by atoms with Gasteiger partial charge in [0.15, 0.2) is 0 Å². The van der Waals surface area contributed by atoms with E-state index in [4.69, 9.17) is 11.6 Å². The molecule has 0 radical (unpaired) electrons. The Bertz CT molecular complexity index is 513. The van der Waals surface area contributed by atoms with Gasteiger partial charge in [-0.25, -0.2) is 0 Å². The van der Waals surface area contributed by atoms with Crippen molar-refractivity contribution >= 4 is 54.8 Å².